The molecule has 3 unspecified atom stereocenters. The molecule has 4 N–H and O–H groups in total. The second kappa shape index (κ2) is 6.89. The van der Waals surface area contributed by atoms with E-state index in [1.54, 1.807) is 6.07 Å². The van der Waals surface area contributed by atoms with E-state index in [9.17, 15) is 4.39 Å². The van der Waals surface area contributed by atoms with Crippen LogP contribution >= 0.6 is 0 Å². The molecule has 21 heavy (non-hydrogen) atoms. The van der Waals surface area contributed by atoms with E-state index in [0.717, 1.165) is 17.9 Å². The molecule has 1 saturated carbocycles. The first-order valence-corrected chi connectivity index (χ1v) is 7.51. The first-order chi connectivity index (χ1) is 10.0. The highest BCUT2D eigenvalue weighted by Gasteiger charge is 2.25. The minimum absolute atomic E-state index is 0.0587. The van der Waals surface area contributed by atoms with E-state index in [1.165, 1.54) is 25.0 Å². The fraction of sp³-hybridized carbons (Fsp3) is 0.562. The monoisotopic (exact) mass is 293 g/mol. The van der Waals surface area contributed by atoms with Crippen LogP contribution in [0.25, 0.3) is 0 Å². The largest absolute Gasteiger partial charge is 0.409 e. The summed E-state index contributed by atoms with van der Waals surface area (Å²) in [5, 5.41) is 15.3. The number of benzene rings is 1. The number of oxime groups is 1. The van der Waals surface area contributed by atoms with Crippen molar-refractivity contribution < 1.29 is 9.60 Å². The summed E-state index contributed by atoms with van der Waals surface area (Å²) in [6.07, 6.45) is 3.62. The zero-order valence-electron chi connectivity index (χ0n) is 12.6. The van der Waals surface area contributed by atoms with Crippen LogP contribution in [0.5, 0.6) is 0 Å². The Morgan fingerprint density at radius 3 is 2.86 bits per heavy atom. The van der Waals surface area contributed by atoms with Crippen molar-refractivity contribution in [2.24, 2.45) is 22.7 Å². The maximum Gasteiger partial charge on any atom is 0.170 e. The Morgan fingerprint density at radius 1 is 1.43 bits per heavy atom. The van der Waals surface area contributed by atoms with E-state index >= 15 is 0 Å². The van der Waals surface area contributed by atoms with E-state index < -0.39 is 0 Å². The molecule has 0 bridgehead atoms. The van der Waals surface area contributed by atoms with Gasteiger partial charge >= 0.3 is 0 Å². The van der Waals surface area contributed by atoms with Gasteiger partial charge in [-0.15, -0.1) is 0 Å². The van der Waals surface area contributed by atoms with E-state index in [4.69, 9.17) is 10.9 Å². The Morgan fingerprint density at radius 2 is 2.19 bits per heavy atom. The van der Waals surface area contributed by atoms with Crippen molar-refractivity contribution in [3.8, 4) is 0 Å². The van der Waals surface area contributed by atoms with Crippen LogP contribution in [0.2, 0.25) is 0 Å². The first-order valence-electron chi connectivity index (χ1n) is 7.51. The van der Waals surface area contributed by atoms with Gasteiger partial charge in [-0.1, -0.05) is 25.1 Å². The molecule has 0 saturated heterocycles. The minimum atomic E-state index is -0.389. The van der Waals surface area contributed by atoms with Gasteiger partial charge in [0.1, 0.15) is 5.82 Å². The molecule has 1 aromatic rings. The van der Waals surface area contributed by atoms with Gasteiger partial charge in [0.25, 0.3) is 0 Å². The number of nitrogens with two attached hydrogens (primary N) is 1. The summed E-state index contributed by atoms with van der Waals surface area (Å²) in [6, 6.07) is 4.85. The lowest BCUT2D eigenvalue weighted by Gasteiger charge is -2.33. The van der Waals surface area contributed by atoms with Gasteiger partial charge < -0.3 is 16.3 Å². The standard InChI is InChI=1S/C16H24FN3O/c1-10-3-6-15(11(2)7-10)19-9-12-4-5-13(17)8-14(12)16(18)20-21/h4-5,8,10-11,15,19,21H,3,6-7,9H2,1-2H3,(H2,18,20). The second-order valence-electron chi connectivity index (χ2n) is 6.17. The van der Waals surface area contributed by atoms with Crippen LogP contribution in [0, 0.1) is 17.7 Å². The summed E-state index contributed by atoms with van der Waals surface area (Å²) < 4.78 is 13.3. The highest BCUT2D eigenvalue weighted by Crippen LogP contribution is 2.28. The molecule has 4 nitrogen and oxygen atoms in total. The van der Waals surface area contributed by atoms with E-state index in [0.29, 0.717) is 24.1 Å². The molecule has 5 heteroatoms. The smallest absolute Gasteiger partial charge is 0.170 e. The number of rotatable bonds is 4. The lowest BCUT2D eigenvalue weighted by Crippen LogP contribution is -2.39. The van der Waals surface area contributed by atoms with Gasteiger partial charge in [0, 0.05) is 18.2 Å². The maximum atomic E-state index is 13.3. The zero-order valence-corrected chi connectivity index (χ0v) is 12.6. The van der Waals surface area contributed by atoms with Crippen molar-refractivity contribution in [1.29, 1.82) is 0 Å². The van der Waals surface area contributed by atoms with Crippen LogP contribution in [0.15, 0.2) is 23.4 Å². The summed E-state index contributed by atoms with van der Waals surface area (Å²) in [5.41, 5.74) is 6.91. The summed E-state index contributed by atoms with van der Waals surface area (Å²) in [6.45, 7) is 5.15. The topological polar surface area (TPSA) is 70.6 Å². The molecule has 0 radical (unpaired) electrons. The molecule has 116 valence electrons. The van der Waals surface area contributed by atoms with Crippen LogP contribution in [0.1, 0.15) is 44.2 Å². The first kappa shape index (κ1) is 15.8. The molecule has 1 aliphatic rings. The minimum Gasteiger partial charge on any atom is -0.409 e. The lowest BCUT2D eigenvalue weighted by atomic mass is 9.80. The lowest BCUT2D eigenvalue weighted by molar-refractivity contribution is 0.227. The van der Waals surface area contributed by atoms with Crippen molar-refractivity contribution >= 4 is 5.84 Å². The number of halogens is 1. The number of amidine groups is 1. The van der Waals surface area contributed by atoms with Crippen molar-refractivity contribution in [3.05, 3.63) is 35.1 Å². The molecule has 1 fully saturated rings. The van der Waals surface area contributed by atoms with Crippen molar-refractivity contribution in [1.82, 2.24) is 5.32 Å². The van der Waals surface area contributed by atoms with Crippen LogP contribution < -0.4 is 11.1 Å². The molecule has 2 rings (SSSR count). The van der Waals surface area contributed by atoms with Gasteiger partial charge in [0.05, 0.1) is 0 Å². The van der Waals surface area contributed by atoms with Crippen molar-refractivity contribution in [3.63, 3.8) is 0 Å². The van der Waals surface area contributed by atoms with E-state index in [1.807, 2.05) is 0 Å². The quantitative estimate of drug-likeness (QED) is 0.346. The van der Waals surface area contributed by atoms with Crippen molar-refractivity contribution in [2.75, 3.05) is 0 Å². The molecular weight excluding hydrogens is 269 g/mol. The van der Waals surface area contributed by atoms with Crippen LogP contribution in [0.4, 0.5) is 4.39 Å². The molecule has 0 aliphatic heterocycles. The maximum absolute atomic E-state index is 13.3. The van der Waals surface area contributed by atoms with Crippen LogP contribution in [-0.2, 0) is 6.54 Å². The Balaban J connectivity index is 2.06. The molecule has 1 aromatic carbocycles. The number of nitrogens with zero attached hydrogens (tertiary/aromatic N) is 1. The summed E-state index contributed by atoms with van der Waals surface area (Å²) >= 11 is 0. The number of hydrogen-bond donors (Lipinski definition) is 3. The molecule has 0 spiro atoms. The van der Waals surface area contributed by atoms with E-state index in [-0.39, 0.29) is 11.7 Å². The Kier molecular flexibility index (Phi) is 5.17. The number of hydrogen-bond acceptors (Lipinski definition) is 3. The third-order valence-electron chi connectivity index (χ3n) is 4.44. The molecule has 0 heterocycles. The zero-order chi connectivity index (χ0) is 15.4. The van der Waals surface area contributed by atoms with Crippen LogP contribution in [-0.4, -0.2) is 17.1 Å². The Bertz CT molecular complexity index is 518. The third kappa shape index (κ3) is 3.94. The van der Waals surface area contributed by atoms with Gasteiger partial charge in [0.15, 0.2) is 5.84 Å². The van der Waals surface area contributed by atoms with Gasteiger partial charge in [0.2, 0.25) is 0 Å². The SMILES string of the molecule is CC1CCC(NCc2ccc(F)cc2C(N)=NO)C(C)C1. The number of nitrogens with one attached hydrogen (secondary N) is 1. The summed E-state index contributed by atoms with van der Waals surface area (Å²) in [5.74, 6) is 0.968. The van der Waals surface area contributed by atoms with E-state index in [2.05, 4.69) is 24.3 Å². The average Bonchev–Trinajstić information content (AvgIpc) is 2.46. The molecule has 0 aromatic heterocycles. The normalized spacial score (nSPS) is 26.8. The molecule has 3 atom stereocenters. The van der Waals surface area contributed by atoms with Gasteiger partial charge in [-0.2, -0.15) is 0 Å². The Labute approximate surface area is 125 Å². The highest BCUT2D eigenvalue weighted by atomic mass is 19.1. The predicted molar refractivity (Wildman–Crippen MR) is 81.7 cm³/mol. The molecule has 0 amide bonds. The fourth-order valence-corrected chi connectivity index (χ4v) is 3.20. The van der Waals surface area contributed by atoms with Crippen molar-refractivity contribution in [2.45, 2.75) is 45.7 Å². The molecule has 1 aliphatic carbocycles. The Hall–Kier alpha value is -1.62. The average molecular weight is 293 g/mol. The molecular formula is C16H24FN3O. The predicted octanol–water partition coefficient (Wildman–Crippen LogP) is 2.83. The summed E-state index contributed by atoms with van der Waals surface area (Å²) in [7, 11) is 0. The van der Waals surface area contributed by atoms with Crippen LogP contribution in [0.3, 0.4) is 0 Å². The van der Waals surface area contributed by atoms with Gasteiger partial charge in [-0.25, -0.2) is 4.39 Å². The second-order valence-corrected chi connectivity index (χ2v) is 6.17. The third-order valence-corrected chi connectivity index (χ3v) is 4.44. The van der Waals surface area contributed by atoms with Gasteiger partial charge in [-0.3, -0.25) is 0 Å². The fourth-order valence-electron chi connectivity index (χ4n) is 3.20. The summed E-state index contributed by atoms with van der Waals surface area (Å²) in [4.78, 5) is 0. The van der Waals surface area contributed by atoms with Gasteiger partial charge in [-0.05, 0) is 48.8 Å². The highest BCUT2D eigenvalue weighted by molar-refractivity contribution is 5.98.